The van der Waals surface area contributed by atoms with Crippen molar-refractivity contribution in [2.24, 2.45) is 11.8 Å². The van der Waals surface area contributed by atoms with Crippen LogP contribution in [0.4, 0.5) is 4.79 Å². The van der Waals surface area contributed by atoms with Gasteiger partial charge in [0.1, 0.15) is 5.60 Å². The molecule has 1 atom stereocenters. The topological polar surface area (TPSA) is 70.2 Å². The maximum absolute atomic E-state index is 13.3. The highest BCUT2D eigenvalue weighted by molar-refractivity contribution is 5.97. The summed E-state index contributed by atoms with van der Waals surface area (Å²) in [5.41, 5.74) is 2.50. The van der Waals surface area contributed by atoms with Crippen molar-refractivity contribution in [1.29, 1.82) is 0 Å². The highest BCUT2D eigenvalue weighted by atomic mass is 16.6. The van der Waals surface area contributed by atoms with Gasteiger partial charge in [-0.1, -0.05) is 57.2 Å². The van der Waals surface area contributed by atoms with Crippen molar-refractivity contribution in [3.05, 3.63) is 34.9 Å². The fourth-order valence-corrected chi connectivity index (χ4v) is 7.85. The van der Waals surface area contributed by atoms with Crippen molar-refractivity contribution in [2.75, 3.05) is 32.7 Å². The van der Waals surface area contributed by atoms with E-state index >= 15 is 0 Å². The Morgan fingerprint density at radius 1 is 0.950 bits per heavy atom. The molecule has 3 amide bonds. The standard InChI is InChI=1S/C33H49N3O4/c1-4-5-14-27-23-36(30(37)26-12-7-6-8-13-26)32(39)40-33(27)17-21-34(22-18-33)28-15-19-35(20-16-28)31(38)29-24(2)10-9-11-25(29)3/h9-11,26-28H,4-8,12-23H2,1-3H3. The number of nitrogens with zero attached hydrogens (tertiary/aromatic N) is 3. The highest BCUT2D eigenvalue weighted by Gasteiger charge is 2.52. The molecule has 4 aliphatic rings. The fourth-order valence-electron chi connectivity index (χ4n) is 7.85. The molecular weight excluding hydrogens is 502 g/mol. The number of aryl methyl sites for hydroxylation is 2. The van der Waals surface area contributed by atoms with Crippen LogP contribution in [0.3, 0.4) is 0 Å². The van der Waals surface area contributed by atoms with E-state index in [1.54, 1.807) is 0 Å². The molecule has 0 bridgehead atoms. The van der Waals surface area contributed by atoms with Gasteiger partial charge in [-0.15, -0.1) is 0 Å². The summed E-state index contributed by atoms with van der Waals surface area (Å²) in [6.45, 7) is 10.1. The van der Waals surface area contributed by atoms with Crippen molar-refractivity contribution >= 4 is 17.9 Å². The molecule has 5 rings (SSSR count). The minimum Gasteiger partial charge on any atom is -0.442 e. The Labute approximate surface area is 240 Å². The summed E-state index contributed by atoms with van der Waals surface area (Å²) >= 11 is 0. The SMILES string of the molecule is CCCCC1CN(C(=O)C2CCCCC2)C(=O)OC12CCN(C1CCN(C(=O)c3c(C)cccc3C)CC1)CC2. The molecule has 3 aliphatic heterocycles. The van der Waals surface area contributed by atoms with Crippen LogP contribution in [-0.2, 0) is 9.53 Å². The van der Waals surface area contributed by atoms with Gasteiger partial charge in [-0.25, -0.2) is 9.69 Å². The largest absolute Gasteiger partial charge is 0.442 e. The summed E-state index contributed by atoms with van der Waals surface area (Å²) in [6, 6.07) is 6.51. The average molecular weight is 552 g/mol. The number of likely N-dealkylation sites (tertiary alicyclic amines) is 2. The van der Waals surface area contributed by atoms with Crippen molar-refractivity contribution in [1.82, 2.24) is 14.7 Å². The third-order valence-corrected chi connectivity index (χ3v) is 10.4. The lowest BCUT2D eigenvalue weighted by Gasteiger charge is -2.52. The average Bonchev–Trinajstić information content (AvgIpc) is 2.97. The number of benzene rings is 1. The van der Waals surface area contributed by atoms with Crippen LogP contribution >= 0.6 is 0 Å². The van der Waals surface area contributed by atoms with Crippen LogP contribution in [0.25, 0.3) is 0 Å². The number of piperidine rings is 2. The third-order valence-electron chi connectivity index (χ3n) is 10.4. The second-order valence-electron chi connectivity index (χ2n) is 12.9. The Bertz CT molecular complexity index is 1050. The van der Waals surface area contributed by atoms with Crippen LogP contribution < -0.4 is 0 Å². The van der Waals surface area contributed by atoms with Crippen LogP contribution in [0.1, 0.15) is 105 Å². The monoisotopic (exact) mass is 551 g/mol. The molecule has 0 N–H and O–H groups in total. The molecule has 7 nitrogen and oxygen atoms in total. The molecule has 220 valence electrons. The van der Waals surface area contributed by atoms with Gasteiger partial charge >= 0.3 is 6.09 Å². The molecule has 0 aromatic heterocycles. The van der Waals surface area contributed by atoms with E-state index in [0.717, 1.165) is 113 Å². The van der Waals surface area contributed by atoms with Crippen molar-refractivity contribution < 1.29 is 19.1 Å². The van der Waals surface area contributed by atoms with E-state index < -0.39 is 11.7 Å². The number of rotatable bonds is 6. The van der Waals surface area contributed by atoms with Crippen LogP contribution in [0.2, 0.25) is 0 Å². The summed E-state index contributed by atoms with van der Waals surface area (Å²) in [5.74, 6) is 0.348. The Balaban J connectivity index is 1.18. The Morgan fingerprint density at radius 2 is 1.60 bits per heavy atom. The van der Waals surface area contributed by atoms with Crippen LogP contribution in [0, 0.1) is 25.7 Å². The maximum atomic E-state index is 13.3. The number of carbonyl (C=O) groups is 3. The van der Waals surface area contributed by atoms with Gasteiger partial charge in [0.05, 0.1) is 0 Å². The Morgan fingerprint density at radius 3 is 2.23 bits per heavy atom. The van der Waals surface area contributed by atoms with Gasteiger partial charge in [0.15, 0.2) is 0 Å². The molecule has 1 spiro atoms. The zero-order chi connectivity index (χ0) is 28.3. The van der Waals surface area contributed by atoms with Crippen molar-refractivity contribution in [3.8, 4) is 0 Å². The summed E-state index contributed by atoms with van der Waals surface area (Å²) in [7, 11) is 0. The van der Waals surface area contributed by atoms with Gasteiger partial charge in [-0.3, -0.25) is 14.5 Å². The van der Waals surface area contributed by atoms with E-state index in [9.17, 15) is 14.4 Å². The van der Waals surface area contributed by atoms with Crippen molar-refractivity contribution in [2.45, 2.75) is 109 Å². The van der Waals surface area contributed by atoms with Gasteiger partial charge in [-0.2, -0.15) is 0 Å². The number of unbranched alkanes of at least 4 members (excludes halogenated alkanes) is 1. The van der Waals surface area contributed by atoms with Gasteiger partial charge in [0.2, 0.25) is 5.91 Å². The van der Waals surface area contributed by atoms with Gasteiger partial charge in [0.25, 0.3) is 5.91 Å². The number of amides is 3. The molecule has 1 unspecified atom stereocenters. The van der Waals surface area contributed by atoms with Gasteiger partial charge < -0.3 is 9.64 Å². The third kappa shape index (κ3) is 5.95. The first kappa shape index (κ1) is 29.1. The molecule has 0 radical (unpaired) electrons. The molecule has 1 aromatic rings. The number of hydrogen-bond acceptors (Lipinski definition) is 5. The summed E-state index contributed by atoms with van der Waals surface area (Å²) < 4.78 is 6.29. The second kappa shape index (κ2) is 12.6. The summed E-state index contributed by atoms with van der Waals surface area (Å²) in [4.78, 5) is 45.9. The van der Waals surface area contributed by atoms with Crippen molar-refractivity contribution in [3.63, 3.8) is 0 Å². The lowest BCUT2D eigenvalue weighted by Crippen LogP contribution is -2.62. The quantitative estimate of drug-likeness (QED) is 0.427. The fraction of sp³-hybridized carbons (Fsp3) is 0.727. The number of hydrogen-bond donors (Lipinski definition) is 0. The Hall–Kier alpha value is -2.41. The van der Waals surface area contributed by atoms with E-state index in [1.165, 1.54) is 11.3 Å². The normalized spacial score (nSPS) is 24.8. The highest BCUT2D eigenvalue weighted by Crippen LogP contribution is 2.42. The second-order valence-corrected chi connectivity index (χ2v) is 12.9. The molecular formula is C33H49N3O4. The Kier molecular flexibility index (Phi) is 9.18. The van der Waals surface area contributed by atoms with Gasteiger partial charge in [-0.05, 0) is 57.1 Å². The lowest BCUT2D eigenvalue weighted by molar-refractivity contribution is -0.153. The predicted molar refractivity (Wildman–Crippen MR) is 156 cm³/mol. The van der Waals surface area contributed by atoms with Gasteiger partial charge in [0, 0.05) is 69.0 Å². The van der Waals surface area contributed by atoms with E-state index in [0.29, 0.717) is 12.6 Å². The maximum Gasteiger partial charge on any atom is 0.417 e. The van der Waals surface area contributed by atoms with E-state index in [1.807, 2.05) is 36.9 Å². The van der Waals surface area contributed by atoms with Crippen LogP contribution in [0.15, 0.2) is 18.2 Å². The zero-order valence-electron chi connectivity index (χ0n) is 25.0. The van der Waals surface area contributed by atoms with E-state index in [2.05, 4.69) is 11.8 Å². The lowest BCUT2D eigenvalue weighted by atomic mass is 9.75. The smallest absolute Gasteiger partial charge is 0.417 e. The molecule has 1 aliphatic carbocycles. The van der Waals surface area contributed by atoms with E-state index in [-0.39, 0.29) is 23.7 Å². The minimum atomic E-state index is -0.453. The number of imide groups is 1. The number of ether oxygens (including phenoxy) is 1. The molecule has 7 heteroatoms. The first-order valence-electron chi connectivity index (χ1n) is 16.0. The first-order chi connectivity index (χ1) is 19.3. The molecule has 3 saturated heterocycles. The first-order valence-corrected chi connectivity index (χ1v) is 16.0. The van der Waals surface area contributed by atoms with E-state index in [4.69, 9.17) is 4.74 Å². The summed E-state index contributed by atoms with van der Waals surface area (Å²) in [5, 5.41) is 0. The van der Waals surface area contributed by atoms with Crippen LogP contribution in [-0.4, -0.2) is 77.0 Å². The number of carbonyl (C=O) groups excluding carboxylic acids is 3. The van der Waals surface area contributed by atoms with Crippen LogP contribution in [0.5, 0.6) is 0 Å². The molecule has 1 saturated carbocycles. The summed E-state index contributed by atoms with van der Waals surface area (Å²) in [6.07, 6.45) is 11.6. The zero-order valence-corrected chi connectivity index (χ0v) is 25.0. The molecule has 40 heavy (non-hydrogen) atoms. The molecule has 3 heterocycles. The predicted octanol–water partition coefficient (Wildman–Crippen LogP) is 6.11. The minimum absolute atomic E-state index is 0.000631. The molecule has 4 fully saturated rings. The molecule has 1 aromatic carbocycles.